The largest absolute Gasteiger partial charge is 0.351 e. The number of carbonyl (C=O) groups is 2. The first-order valence-electron chi connectivity index (χ1n) is 8.45. The number of hydrogen-bond acceptors (Lipinski definition) is 7. The van der Waals surface area contributed by atoms with Crippen molar-refractivity contribution in [1.82, 2.24) is 10.2 Å². The first kappa shape index (κ1) is 21.4. The van der Waals surface area contributed by atoms with E-state index in [9.17, 15) is 29.8 Å². The van der Waals surface area contributed by atoms with Crippen LogP contribution in [0.2, 0.25) is 0 Å². The normalized spacial score (nSPS) is 10.4. The summed E-state index contributed by atoms with van der Waals surface area (Å²) in [6, 6.07) is 8.76. The van der Waals surface area contributed by atoms with E-state index in [0.717, 1.165) is 18.2 Å². The molecule has 2 aromatic carbocycles. The van der Waals surface area contributed by atoms with Crippen molar-refractivity contribution in [1.29, 1.82) is 0 Å². The Bertz CT molecular complexity index is 927. The van der Waals surface area contributed by atoms with Gasteiger partial charge in [0.05, 0.1) is 21.5 Å². The highest BCUT2D eigenvalue weighted by atomic mass is 16.6. The zero-order chi connectivity index (χ0) is 21.6. The van der Waals surface area contributed by atoms with Crippen molar-refractivity contribution >= 4 is 28.9 Å². The smallest absolute Gasteiger partial charge is 0.277 e. The summed E-state index contributed by atoms with van der Waals surface area (Å²) in [5.74, 6) is -1.10. The number of nitrogens with one attached hydrogen (secondary N) is 2. The molecule has 0 atom stereocenters. The van der Waals surface area contributed by atoms with Gasteiger partial charge in [-0.15, -0.1) is 0 Å². The number of rotatable bonds is 8. The standard InChI is InChI=1S/C18H19N5O6/c1-21(2)7-6-19-17(24)12-4-3-5-14(8-12)20-18(25)13-9-15(22(26)27)11-16(10-13)23(28)29/h3-5,8-11H,6-7H2,1-2H3,(H,19,24)(H,20,25). The van der Waals surface area contributed by atoms with Gasteiger partial charge in [-0.05, 0) is 32.3 Å². The molecule has 0 fully saturated rings. The molecule has 0 radical (unpaired) electrons. The lowest BCUT2D eigenvalue weighted by atomic mass is 10.1. The highest BCUT2D eigenvalue weighted by Gasteiger charge is 2.20. The molecule has 0 saturated heterocycles. The van der Waals surface area contributed by atoms with Crippen LogP contribution in [0.15, 0.2) is 42.5 Å². The zero-order valence-corrected chi connectivity index (χ0v) is 15.7. The monoisotopic (exact) mass is 401 g/mol. The first-order chi connectivity index (χ1) is 13.7. The number of nitro groups is 2. The van der Waals surface area contributed by atoms with Crippen molar-refractivity contribution in [3.63, 3.8) is 0 Å². The number of nitrogens with zero attached hydrogens (tertiary/aromatic N) is 3. The van der Waals surface area contributed by atoms with E-state index in [2.05, 4.69) is 10.6 Å². The maximum absolute atomic E-state index is 12.4. The lowest BCUT2D eigenvalue weighted by molar-refractivity contribution is -0.394. The van der Waals surface area contributed by atoms with E-state index in [1.54, 1.807) is 12.1 Å². The maximum Gasteiger partial charge on any atom is 0.277 e. The number of likely N-dealkylation sites (N-methyl/N-ethyl adjacent to an activating group) is 1. The van der Waals surface area contributed by atoms with E-state index < -0.39 is 27.1 Å². The van der Waals surface area contributed by atoms with Crippen LogP contribution in [0.5, 0.6) is 0 Å². The first-order valence-corrected chi connectivity index (χ1v) is 8.45. The van der Waals surface area contributed by atoms with Gasteiger partial charge in [0.2, 0.25) is 0 Å². The van der Waals surface area contributed by atoms with Crippen molar-refractivity contribution in [2.75, 3.05) is 32.5 Å². The van der Waals surface area contributed by atoms with Gasteiger partial charge in [0.15, 0.2) is 0 Å². The third kappa shape index (κ3) is 6.07. The van der Waals surface area contributed by atoms with Crippen molar-refractivity contribution in [2.24, 2.45) is 0 Å². The van der Waals surface area contributed by atoms with Crippen molar-refractivity contribution in [2.45, 2.75) is 0 Å². The fraction of sp³-hybridized carbons (Fsp3) is 0.222. The lowest BCUT2D eigenvalue weighted by Crippen LogP contribution is -2.31. The molecule has 0 aromatic heterocycles. The number of amides is 2. The summed E-state index contributed by atoms with van der Waals surface area (Å²) in [6.07, 6.45) is 0. The quantitative estimate of drug-likeness (QED) is 0.508. The fourth-order valence-corrected chi connectivity index (χ4v) is 2.37. The van der Waals surface area contributed by atoms with Gasteiger partial charge in [-0.2, -0.15) is 0 Å². The fourth-order valence-electron chi connectivity index (χ4n) is 2.37. The minimum atomic E-state index is -0.817. The van der Waals surface area contributed by atoms with Gasteiger partial charge >= 0.3 is 0 Å². The van der Waals surface area contributed by atoms with Crippen LogP contribution in [0.1, 0.15) is 20.7 Å². The van der Waals surface area contributed by atoms with Crippen molar-refractivity contribution in [3.05, 3.63) is 73.8 Å². The molecule has 0 aliphatic carbocycles. The summed E-state index contributed by atoms with van der Waals surface area (Å²) >= 11 is 0. The second kappa shape index (κ2) is 9.37. The van der Waals surface area contributed by atoms with Crippen LogP contribution < -0.4 is 10.6 Å². The van der Waals surface area contributed by atoms with Gasteiger partial charge in [-0.1, -0.05) is 6.07 Å². The Morgan fingerprint density at radius 3 is 2.10 bits per heavy atom. The lowest BCUT2D eigenvalue weighted by Gasteiger charge is -2.11. The summed E-state index contributed by atoms with van der Waals surface area (Å²) < 4.78 is 0. The van der Waals surface area contributed by atoms with Gasteiger partial charge in [-0.3, -0.25) is 29.8 Å². The van der Waals surface area contributed by atoms with Crippen LogP contribution in [-0.4, -0.2) is 53.7 Å². The van der Waals surface area contributed by atoms with Gasteiger partial charge in [-0.25, -0.2) is 0 Å². The predicted octanol–water partition coefficient (Wildman–Crippen LogP) is 2.05. The molecule has 11 heteroatoms. The molecular weight excluding hydrogens is 382 g/mol. The molecule has 2 aromatic rings. The predicted molar refractivity (Wildman–Crippen MR) is 105 cm³/mol. The Morgan fingerprint density at radius 2 is 1.55 bits per heavy atom. The van der Waals surface area contributed by atoms with E-state index in [0.29, 0.717) is 18.7 Å². The average Bonchev–Trinajstić information content (AvgIpc) is 2.67. The summed E-state index contributed by atoms with van der Waals surface area (Å²) in [5.41, 5.74) is -0.806. The molecule has 0 bridgehead atoms. The van der Waals surface area contributed by atoms with E-state index in [4.69, 9.17) is 0 Å². The topological polar surface area (TPSA) is 148 Å². The second-order valence-electron chi connectivity index (χ2n) is 6.35. The minimum Gasteiger partial charge on any atom is -0.351 e. The molecular formula is C18H19N5O6. The van der Waals surface area contributed by atoms with Crippen molar-refractivity contribution in [3.8, 4) is 0 Å². The number of anilines is 1. The molecule has 0 spiro atoms. The highest BCUT2D eigenvalue weighted by molar-refractivity contribution is 6.05. The van der Waals surface area contributed by atoms with Gasteiger partial charge in [0.1, 0.15) is 0 Å². The molecule has 0 saturated carbocycles. The molecule has 152 valence electrons. The number of nitro benzene ring substituents is 2. The Balaban J connectivity index is 2.18. The van der Waals surface area contributed by atoms with Crippen LogP contribution in [0.25, 0.3) is 0 Å². The summed E-state index contributed by atoms with van der Waals surface area (Å²) in [7, 11) is 3.75. The Kier molecular flexibility index (Phi) is 6.93. The molecule has 0 aliphatic heterocycles. The number of non-ortho nitro benzene ring substituents is 2. The third-order valence-corrected chi connectivity index (χ3v) is 3.81. The van der Waals surface area contributed by atoms with Crippen LogP contribution in [-0.2, 0) is 0 Å². The Morgan fingerprint density at radius 1 is 0.931 bits per heavy atom. The third-order valence-electron chi connectivity index (χ3n) is 3.81. The Hall–Kier alpha value is -3.86. The molecule has 0 heterocycles. The average molecular weight is 401 g/mol. The minimum absolute atomic E-state index is 0.244. The molecule has 2 rings (SSSR count). The molecule has 0 unspecified atom stereocenters. The number of hydrogen-bond donors (Lipinski definition) is 2. The zero-order valence-electron chi connectivity index (χ0n) is 15.7. The van der Waals surface area contributed by atoms with Gasteiger partial charge < -0.3 is 15.5 Å². The van der Waals surface area contributed by atoms with Gasteiger partial charge in [0, 0.05) is 36.5 Å². The maximum atomic E-state index is 12.4. The van der Waals surface area contributed by atoms with E-state index in [1.165, 1.54) is 12.1 Å². The van der Waals surface area contributed by atoms with E-state index in [1.807, 2.05) is 19.0 Å². The highest BCUT2D eigenvalue weighted by Crippen LogP contribution is 2.23. The van der Waals surface area contributed by atoms with Crippen LogP contribution in [0.4, 0.5) is 17.1 Å². The molecule has 0 aliphatic rings. The van der Waals surface area contributed by atoms with Gasteiger partial charge in [0.25, 0.3) is 23.2 Å². The van der Waals surface area contributed by atoms with E-state index in [-0.39, 0.29) is 17.2 Å². The molecule has 11 nitrogen and oxygen atoms in total. The van der Waals surface area contributed by atoms with E-state index >= 15 is 0 Å². The van der Waals surface area contributed by atoms with Crippen LogP contribution in [0, 0.1) is 20.2 Å². The van der Waals surface area contributed by atoms with Crippen LogP contribution in [0.3, 0.4) is 0 Å². The summed E-state index contributed by atoms with van der Waals surface area (Å²) in [6.45, 7) is 1.10. The molecule has 29 heavy (non-hydrogen) atoms. The summed E-state index contributed by atoms with van der Waals surface area (Å²) in [5, 5.41) is 27.1. The molecule has 2 N–H and O–H groups in total. The van der Waals surface area contributed by atoms with Crippen LogP contribution >= 0.6 is 0 Å². The molecule has 2 amide bonds. The second-order valence-corrected chi connectivity index (χ2v) is 6.35. The number of benzene rings is 2. The summed E-state index contributed by atoms with van der Waals surface area (Å²) in [4.78, 5) is 46.8. The number of carbonyl (C=O) groups excluding carboxylic acids is 2. The SMILES string of the molecule is CN(C)CCNC(=O)c1cccc(NC(=O)c2cc([N+](=O)[O-])cc([N+](=O)[O-])c2)c1. The van der Waals surface area contributed by atoms with Crippen molar-refractivity contribution < 1.29 is 19.4 Å². The Labute approximate surface area is 165 Å².